The van der Waals surface area contributed by atoms with Crippen molar-refractivity contribution >= 4 is 32.1 Å². The van der Waals surface area contributed by atoms with Crippen molar-refractivity contribution in [3.05, 3.63) is 20.9 Å². The van der Waals surface area contributed by atoms with E-state index in [4.69, 9.17) is 0 Å². The summed E-state index contributed by atoms with van der Waals surface area (Å²) >= 11 is 4.16. The molecule has 0 aromatic carbocycles. The third-order valence-electron chi connectivity index (χ3n) is 5.68. The number of unbranched alkanes of at least 4 members (excludes halogenated alkanes) is 10. The van der Waals surface area contributed by atoms with E-state index >= 15 is 0 Å². The van der Waals surface area contributed by atoms with Crippen LogP contribution in [0.4, 0.5) is 0 Å². The molecule has 0 fully saturated rings. The van der Waals surface area contributed by atoms with Gasteiger partial charge in [-0.05, 0) is 50.7 Å². The zero-order chi connectivity index (χ0) is 18.8. The second-order valence-corrected chi connectivity index (χ2v) is 10.4. The molecule has 0 aliphatic carbocycles. The Hall–Kier alpha value is -0.340. The first-order valence-electron chi connectivity index (χ1n) is 11.2. The molecule has 26 heavy (non-hydrogen) atoms. The minimum absolute atomic E-state index is 1.30. The van der Waals surface area contributed by atoms with Crippen LogP contribution in [0.5, 0.6) is 0 Å². The summed E-state index contributed by atoms with van der Waals surface area (Å²) in [5.41, 5.74) is 3.37. The van der Waals surface area contributed by atoms with Crippen LogP contribution in [0.3, 0.4) is 0 Å². The number of aryl methyl sites for hydroxylation is 4. The third kappa shape index (κ3) is 6.37. The summed E-state index contributed by atoms with van der Waals surface area (Å²) in [6.45, 7) is 9.31. The van der Waals surface area contributed by atoms with Crippen LogP contribution < -0.4 is 0 Å². The van der Waals surface area contributed by atoms with Crippen LogP contribution in [-0.4, -0.2) is 0 Å². The van der Waals surface area contributed by atoms with Crippen LogP contribution in [0.25, 0.3) is 9.40 Å². The molecule has 0 bridgehead atoms. The minimum atomic E-state index is 1.30. The van der Waals surface area contributed by atoms with Crippen molar-refractivity contribution in [3.8, 4) is 0 Å². The molecule has 0 nitrogen and oxygen atoms in total. The van der Waals surface area contributed by atoms with Crippen LogP contribution in [0.15, 0.2) is 0 Å². The maximum Gasteiger partial charge on any atom is 0.0491 e. The summed E-state index contributed by atoms with van der Waals surface area (Å²) in [7, 11) is 0. The predicted molar refractivity (Wildman–Crippen MR) is 123 cm³/mol. The summed E-state index contributed by atoms with van der Waals surface area (Å²) in [5, 5.41) is 0. The molecule has 2 heterocycles. The minimum Gasteiger partial charge on any atom is -0.139 e. The predicted octanol–water partition coefficient (Wildman–Crippen LogP) is 9.39. The van der Waals surface area contributed by atoms with Gasteiger partial charge in [0.25, 0.3) is 0 Å². The lowest BCUT2D eigenvalue weighted by atomic mass is 10.0. The van der Waals surface area contributed by atoms with Gasteiger partial charge in [-0.2, -0.15) is 0 Å². The number of hydrogen-bond donors (Lipinski definition) is 0. The molecule has 0 spiro atoms. The summed E-state index contributed by atoms with van der Waals surface area (Å²) in [6, 6.07) is 0. The first kappa shape index (κ1) is 22.0. The van der Waals surface area contributed by atoms with E-state index in [2.05, 4.69) is 50.4 Å². The SMILES string of the molecule is CCCCCCCCc1c(C)sc2c(CCCCCCCC)c(C)sc12. The summed E-state index contributed by atoms with van der Waals surface area (Å²) in [4.78, 5) is 3.17. The van der Waals surface area contributed by atoms with Crippen molar-refractivity contribution in [1.29, 1.82) is 0 Å². The molecule has 0 aliphatic heterocycles. The number of thiophene rings is 2. The van der Waals surface area contributed by atoms with Gasteiger partial charge in [-0.15, -0.1) is 22.7 Å². The fraction of sp³-hybridized carbons (Fsp3) is 0.750. The zero-order valence-corrected chi connectivity index (χ0v) is 19.3. The van der Waals surface area contributed by atoms with Gasteiger partial charge in [0, 0.05) is 19.2 Å². The van der Waals surface area contributed by atoms with Crippen molar-refractivity contribution in [2.75, 3.05) is 0 Å². The van der Waals surface area contributed by atoms with Gasteiger partial charge in [0.05, 0.1) is 0 Å². The highest BCUT2D eigenvalue weighted by molar-refractivity contribution is 7.28. The third-order valence-corrected chi connectivity index (χ3v) is 8.22. The van der Waals surface area contributed by atoms with E-state index in [-0.39, 0.29) is 0 Å². The number of hydrogen-bond acceptors (Lipinski definition) is 2. The van der Waals surface area contributed by atoms with Crippen molar-refractivity contribution in [2.24, 2.45) is 0 Å². The van der Waals surface area contributed by atoms with Crippen molar-refractivity contribution in [2.45, 2.75) is 118 Å². The second-order valence-electron chi connectivity index (χ2n) is 7.97. The Morgan fingerprint density at radius 2 is 0.846 bits per heavy atom. The first-order valence-corrected chi connectivity index (χ1v) is 12.8. The van der Waals surface area contributed by atoms with E-state index in [1.54, 1.807) is 30.3 Å². The Morgan fingerprint density at radius 1 is 0.500 bits per heavy atom. The molecule has 0 amide bonds. The molecular formula is C24H40S2. The summed E-state index contributed by atoms with van der Waals surface area (Å²) in [6.07, 6.45) is 19.4. The Kier molecular flexibility index (Phi) is 10.3. The Bertz CT molecular complexity index is 576. The van der Waals surface area contributed by atoms with E-state index < -0.39 is 0 Å². The lowest BCUT2D eigenvalue weighted by Crippen LogP contribution is -1.86. The van der Waals surface area contributed by atoms with Gasteiger partial charge < -0.3 is 0 Å². The molecule has 0 atom stereocenters. The maximum atomic E-state index is 2.35. The molecule has 148 valence electrons. The average molecular weight is 393 g/mol. The fourth-order valence-corrected chi connectivity index (χ4v) is 6.82. The van der Waals surface area contributed by atoms with E-state index in [0.717, 1.165) is 0 Å². The largest absolute Gasteiger partial charge is 0.139 e. The highest BCUT2D eigenvalue weighted by Gasteiger charge is 2.16. The van der Waals surface area contributed by atoms with Crippen LogP contribution in [0, 0.1) is 13.8 Å². The monoisotopic (exact) mass is 392 g/mol. The van der Waals surface area contributed by atoms with Crippen molar-refractivity contribution in [1.82, 2.24) is 0 Å². The normalized spacial score (nSPS) is 11.7. The van der Waals surface area contributed by atoms with Gasteiger partial charge in [0.2, 0.25) is 0 Å². The van der Waals surface area contributed by atoms with Crippen LogP contribution >= 0.6 is 22.7 Å². The van der Waals surface area contributed by atoms with Gasteiger partial charge in [0.1, 0.15) is 0 Å². The van der Waals surface area contributed by atoms with Gasteiger partial charge in [0.15, 0.2) is 0 Å². The van der Waals surface area contributed by atoms with Crippen LogP contribution in [0.2, 0.25) is 0 Å². The van der Waals surface area contributed by atoms with Crippen molar-refractivity contribution < 1.29 is 0 Å². The average Bonchev–Trinajstić information content (AvgIpc) is 3.08. The molecule has 0 radical (unpaired) electrons. The quantitative estimate of drug-likeness (QED) is 0.281. The molecule has 2 aromatic heterocycles. The Balaban J connectivity index is 1.89. The van der Waals surface area contributed by atoms with E-state index in [9.17, 15) is 0 Å². The van der Waals surface area contributed by atoms with E-state index in [1.165, 1.54) is 89.9 Å². The molecule has 2 aromatic rings. The first-order chi connectivity index (χ1) is 12.7. The van der Waals surface area contributed by atoms with Crippen LogP contribution in [0.1, 0.15) is 112 Å². The second kappa shape index (κ2) is 12.2. The smallest absolute Gasteiger partial charge is 0.0491 e. The van der Waals surface area contributed by atoms with Gasteiger partial charge in [-0.25, -0.2) is 0 Å². The molecule has 0 aliphatic rings. The highest BCUT2D eigenvalue weighted by atomic mass is 32.1. The molecule has 0 unspecified atom stereocenters. The summed E-state index contributed by atoms with van der Waals surface area (Å²) in [5.74, 6) is 0. The topological polar surface area (TPSA) is 0 Å². The van der Waals surface area contributed by atoms with E-state index in [1.807, 2.05) is 0 Å². The molecule has 2 heteroatoms. The molecule has 0 N–H and O–H groups in total. The lowest BCUT2D eigenvalue weighted by molar-refractivity contribution is 0.608. The standard InChI is InChI=1S/C24H40S2/c1-5-7-9-11-13-15-17-21-19(3)25-24-22(20(4)26-23(21)24)18-16-14-12-10-8-6-2/h5-18H2,1-4H3. The molecule has 2 rings (SSSR count). The van der Waals surface area contributed by atoms with Gasteiger partial charge in [-0.1, -0.05) is 78.1 Å². The molecule has 0 saturated carbocycles. The maximum absolute atomic E-state index is 2.35. The van der Waals surface area contributed by atoms with Crippen LogP contribution in [-0.2, 0) is 12.8 Å². The lowest BCUT2D eigenvalue weighted by Gasteiger charge is -2.02. The molecular weight excluding hydrogens is 352 g/mol. The van der Waals surface area contributed by atoms with E-state index in [0.29, 0.717) is 0 Å². The molecule has 0 saturated heterocycles. The highest BCUT2D eigenvalue weighted by Crippen LogP contribution is 2.42. The van der Waals surface area contributed by atoms with Gasteiger partial charge >= 0.3 is 0 Å². The Labute approximate surface area is 170 Å². The van der Waals surface area contributed by atoms with Crippen molar-refractivity contribution in [3.63, 3.8) is 0 Å². The fourth-order valence-electron chi connectivity index (χ4n) is 3.98. The Morgan fingerprint density at radius 3 is 1.23 bits per heavy atom. The zero-order valence-electron chi connectivity index (χ0n) is 17.7. The number of fused-ring (bicyclic) bond motifs is 1. The number of rotatable bonds is 14. The van der Waals surface area contributed by atoms with Gasteiger partial charge in [-0.3, -0.25) is 0 Å². The summed E-state index contributed by atoms with van der Waals surface area (Å²) < 4.78 is 3.28.